The van der Waals surface area contributed by atoms with Gasteiger partial charge in [0.2, 0.25) is 5.96 Å². The normalized spacial score (nSPS) is 24.9. The first-order chi connectivity index (χ1) is 5.09. The summed E-state index contributed by atoms with van der Waals surface area (Å²) >= 11 is 0. The molecule has 0 aromatic heterocycles. The number of aliphatic imine (C=N–C) groups is 2. The van der Waals surface area contributed by atoms with E-state index in [1.807, 2.05) is 13.8 Å². The second kappa shape index (κ2) is 3.00. The van der Waals surface area contributed by atoms with E-state index in [-0.39, 0.29) is 5.96 Å². The van der Waals surface area contributed by atoms with Crippen molar-refractivity contribution in [3.05, 3.63) is 0 Å². The van der Waals surface area contributed by atoms with Gasteiger partial charge in [0.05, 0.1) is 0 Å². The molecule has 1 heterocycles. The lowest BCUT2D eigenvalue weighted by molar-refractivity contribution is 0.190. The molecule has 0 fully saturated rings. The minimum absolute atomic E-state index is 0.187. The van der Waals surface area contributed by atoms with Crippen molar-refractivity contribution < 1.29 is 5.11 Å². The topological polar surface area (TPSA) is 71.0 Å². The molecule has 11 heavy (non-hydrogen) atoms. The standard InChI is InChI=1S/C7H13N3O/c1-4(2)5-3-6(11)10-7(8)9-5/h4,6,11H,3H2,1-2H3,(H2,8,10). The number of nitrogens with zero attached hydrogens (tertiary/aromatic N) is 2. The summed E-state index contributed by atoms with van der Waals surface area (Å²) in [5, 5.41) is 9.15. The third-order valence-corrected chi connectivity index (χ3v) is 1.60. The van der Waals surface area contributed by atoms with E-state index in [1.165, 1.54) is 0 Å². The summed E-state index contributed by atoms with van der Waals surface area (Å²) in [6.45, 7) is 4.04. The van der Waals surface area contributed by atoms with Crippen molar-refractivity contribution in [3.63, 3.8) is 0 Å². The summed E-state index contributed by atoms with van der Waals surface area (Å²) in [6.07, 6.45) is -0.178. The molecule has 3 N–H and O–H groups in total. The van der Waals surface area contributed by atoms with Gasteiger partial charge in [-0.15, -0.1) is 0 Å². The summed E-state index contributed by atoms with van der Waals surface area (Å²) in [5.41, 5.74) is 6.28. The number of rotatable bonds is 1. The van der Waals surface area contributed by atoms with Gasteiger partial charge in [-0.05, 0) is 5.92 Å². The van der Waals surface area contributed by atoms with Crippen LogP contribution in [0.1, 0.15) is 20.3 Å². The lowest BCUT2D eigenvalue weighted by atomic mass is 10.0. The van der Waals surface area contributed by atoms with Crippen molar-refractivity contribution >= 4 is 11.7 Å². The van der Waals surface area contributed by atoms with Crippen molar-refractivity contribution in [2.75, 3.05) is 0 Å². The number of aliphatic hydroxyl groups is 1. The smallest absolute Gasteiger partial charge is 0.217 e. The monoisotopic (exact) mass is 155 g/mol. The summed E-state index contributed by atoms with van der Waals surface area (Å²) in [4.78, 5) is 7.69. The van der Waals surface area contributed by atoms with Crippen LogP contribution < -0.4 is 5.73 Å². The Morgan fingerprint density at radius 3 is 2.73 bits per heavy atom. The van der Waals surface area contributed by atoms with Crippen LogP contribution in [0.4, 0.5) is 0 Å². The number of hydrogen-bond acceptors (Lipinski definition) is 4. The van der Waals surface area contributed by atoms with Crippen LogP contribution in [0.25, 0.3) is 0 Å². The second-order valence-corrected chi connectivity index (χ2v) is 2.93. The molecule has 0 bridgehead atoms. The van der Waals surface area contributed by atoms with Gasteiger partial charge in [-0.2, -0.15) is 0 Å². The summed E-state index contributed by atoms with van der Waals surface area (Å²) in [5.74, 6) is 0.520. The third-order valence-electron chi connectivity index (χ3n) is 1.60. The van der Waals surface area contributed by atoms with Gasteiger partial charge >= 0.3 is 0 Å². The Labute approximate surface area is 65.8 Å². The van der Waals surface area contributed by atoms with E-state index < -0.39 is 6.23 Å². The van der Waals surface area contributed by atoms with E-state index in [0.717, 1.165) is 5.71 Å². The maximum atomic E-state index is 9.15. The first kappa shape index (κ1) is 8.20. The minimum atomic E-state index is -0.690. The van der Waals surface area contributed by atoms with E-state index in [4.69, 9.17) is 10.8 Å². The largest absolute Gasteiger partial charge is 0.371 e. The van der Waals surface area contributed by atoms with Crippen molar-refractivity contribution in [1.29, 1.82) is 0 Å². The molecule has 1 aliphatic heterocycles. The molecule has 1 atom stereocenters. The van der Waals surface area contributed by atoms with Crippen LogP contribution in [0, 0.1) is 5.92 Å². The molecule has 0 aromatic rings. The van der Waals surface area contributed by atoms with Gasteiger partial charge in [0.1, 0.15) is 0 Å². The molecule has 1 aliphatic rings. The summed E-state index contributed by atoms with van der Waals surface area (Å²) in [6, 6.07) is 0. The molecule has 4 heteroatoms. The highest BCUT2D eigenvalue weighted by Gasteiger charge is 2.16. The van der Waals surface area contributed by atoms with E-state index in [1.54, 1.807) is 0 Å². The fourth-order valence-electron chi connectivity index (χ4n) is 0.972. The van der Waals surface area contributed by atoms with Crippen LogP contribution in [0.5, 0.6) is 0 Å². The van der Waals surface area contributed by atoms with Crippen LogP contribution in [0.2, 0.25) is 0 Å². The molecule has 0 saturated carbocycles. The summed E-state index contributed by atoms with van der Waals surface area (Å²) in [7, 11) is 0. The van der Waals surface area contributed by atoms with E-state index in [2.05, 4.69) is 9.98 Å². The van der Waals surface area contributed by atoms with E-state index in [0.29, 0.717) is 12.3 Å². The molecule has 0 radical (unpaired) electrons. The van der Waals surface area contributed by atoms with Crippen LogP contribution >= 0.6 is 0 Å². The molecule has 0 amide bonds. The Bertz CT molecular complexity index is 208. The van der Waals surface area contributed by atoms with Crippen LogP contribution in [0.3, 0.4) is 0 Å². The highest BCUT2D eigenvalue weighted by molar-refractivity contribution is 5.99. The second-order valence-electron chi connectivity index (χ2n) is 2.93. The highest BCUT2D eigenvalue weighted by atomic mass is 16.3. The molecule has 1 unspecified atom stereocenters. The Morgan fingerprint density at radius 2 is 2.27 bits per heavy atom. The zero-order valence-corrected chi connectivity index (χ0v) is 6.78. The number of guanidine groups is 1. The van der Waals surface area contributed by atoms with Crippen molar-refractivity contribution in [2.45, 2.75) is 26.5 Å². The average molecular weight is 155 g/mol. The lowest BCUT2D eigenvalue weighted by Crippen LogP contribution is -2.27. The maximum absolute atomic E-state index is 9.15. The van der Waals surface area contributed by atoms with Crippen molar-refractivity contribution in [2.24, 2.45) is 21.6 Å². The maximum Gasteiger partial charge on any atom is 0.217 e. The van der Waals surface area contributed by atoms with Gasteiger partial charge in [-0.25, -0.2) is 9.98 Å². The van der Waals surface area contributed by atoms with Gasteiger partial charge in [-0.3, -0.25) is 0 Å². The molecule has 0 aromatic carbocycles. The van der Waals surface area contributed by atoms with Gasteiger partial charge in [0.15, 0.2) is 6.23 Å². The lowest BCUT2D eigenvalue weighted by Gasteiger charge is -2.16. The van der Waals surface area contributed by atoms with Crippen LogP contribution in [0.15, 0.2) is 9.98 Å². The summed E-state index contributed by atoms with van der Waals surface area (Å²) < 4.78 is 0. The zero-order valence-electron chi connectivity index (χ0n) is 6.78. The molecule has 0 aliphatic carbocycles. The SMILES string of the molecule is CC(C)C1=NC(N)=NC(O)C1. The fourth-order valence-corrected chi connectivity index (χ4v) is 0.972. The average Bonchev–Trinajstić information content (AvgIpc) is 1.85. The van der Waals surface area contributed by atoms with Crippen molar-refractivity contribution in [1.82, 2.24) is 0 Å². The predicted molar refractivity (Wildman–Crippen MR) is 44.5 cm³/mol. The highest BCUT2D eigenvalue weighted by Crippen LogP contribution is 2.09. The molecule has 62 valence electrons. The predicted octanol–water partition coefficient (Wildman–Crippen LogP) is 0.120. The van der Waals surface area contributed by atoms with Gasteiger partial charge in [0, 0.05) is 12.1 Å². The third kappa shape index (κ3) is 2.01. The number of hydrogen-bond donors (Lipinski definition) is 2. The quantitative estimate of drug-likeness (QED) is 0.564. The van der Waals surface area contributed by atoms with Gasteiger partial charge in [0.25, 0.3) is 0 Å². The number of nitrogens with two attached hydrogens (primary N) is 1. The van der Waals surface area contributed by atoms with E-state index >= 15 is 0 Å². The molecule has 0 saturated heterocycles. The Morgan fingerprint density at radius 1 is 1.64 bits per heavy atom. The minimum Gasteiger partial charge on any atom is -0.371 e. The van der Waals surface area contributed by atoms with Gasteiger partial charge in [-0.1, -0.05) is 13.8 Å². The Kier molecular flexibility index (Phi) is 2.24. The Hall–Kier alpha value is -0.900. The first-order valence-electron chi connectivity index (χ1n) is 3.68. The molecular formula is C7H13N3O. The fraction of sp³-hybridized carbons (Fsp3) is 0.714. The molecular weight excluding hydrogens is 142 g/mol. The molecule has 1 rings (SSSR count). The Balaban J connectivity index is 2.76. The van der Waals surface area contributed by atoms with Crippen LogP contribution in [-0.4, -0.2) is 23.0 Å². The van der Waals surface area contributed by atoms with E-state index in [9.17, 15) is 0 Å². The van der Waals surface area contributed by atoms with Crippen molar-refractivity contribution in [3.8, 4) is 0 Å². The number of aliphatic hydroxyl groups excluding tert-OH is 1. The van der Waals surface area contributed by atoms with Gasteiger partial charge < -0.3 is 10.8 Å². The molecule has 4 nitrogen and oxygen atoms in total. The van der Waals surface area contributed by atoms with Crippen LogP contribution in [-0.2, 0) is 0 Å². The first-order valence-corrected chi connectivity index (χ1v) is 3.68. The molecule has 0 spiro atoms. The zero-order chi connectivity index (χ0) is 8.43.